The first-order chi connectivity index (χ1) is 15.6. The van der Waals surface area contributed by atoms with E-state index >= 15 is 0 Å². The van der Waals surface area contributed by atoms with Gasteiger partial charge in [0.2, 0.25) is 5.43 Å². The van der Waals surface area contributed by atoms with Crippen molar-refractivity contribution in [3.05, 3.63) is 113 Å². The van der Waals surface area contributed by atoms with E-state index in [1.807, 2.05) is 84.9 Å². The van der Waals surface area contributed by atoms with Crippen LogP contribution in [0.2, 0.25) is 0 Å². The first kappa shape index (κ1) is 19.5. The van der Waals surface area contributed by atoms with Gasteiger partial charge in [0.1, 0.15) is 11.2 Å². The summed E-state index contributed by atoms with van der Waals surface area (Å²) in [5.74, 6) is -0.469. The number of aryl methyl sites for hydroxylation is 1. The van der Waals surface area contributed by atoms with E-state index in [9.17, 15) is 9.59 Å². The minimum atomic E-state index is -0.469. The monoisotopic (exact) mass is 420 g/mol. The van der Waals surface area contributed by atoms with Gasteiger partial charge in [0.15, 0.2) is 0 Å². The molecule has 0 unspecified atom stereocenters. The molecule has 32 heavy (non-hydrogen) atoms. The van der Waals surface area contributed by atoms with Crippen LogP contribution in [0, 0.1) is 6.92 Å². The lowest BCUT2D eigenvalue weighted by Gasteiger charge is -2.11. The number of H-pyrrole nitrogens is 1. The lowest BCUT2D eigenvalue weighted by atomic mass is 10.0. The smallest absolute Gasteiger partial charge is 0.261 e. The number of nitrogens with zero attached hydrogens (tertiary/aromatic N) is 2. The van der Waals surface area contributed by atoms with Gasteiger partial charge in [-0.1, -0.05) is 66.7 Å². The van der Waals surface area contributed by atoms with Crippen molar-refractivity contribution >= 4 is 22.6 Å². The predicted molar refractivity (Wildman–Crippen MR) is 126 cm³/mol. The number of para-hydroxylation sites is 2. The number of fused-ring (bicyclic) bond motifs is 1. The maximum Gasteiger partial charge on any atom is 0.261 e. The SMILES string of the molecule is Cc1nn(-c2ccccc2)c2[nH]cc(C(=O)Nc3ccccc3-c3ccccc3)c(=O)c12. The highest BCUT2D eigenvalue weighted by Gasteiger charge is 2.19. The normalized spacial score (nSPS) is 10.9. The zero-order chi connectivity index (χ0) is 22.1. The number of aromatic nitrogens is 3. The molecule has 0 radical (unpaired) electrons. The minimum absolute atomic E-state index is 0.0380. The molecule has 0 aliphatic rings. The van der Waals surface area contributed by atoms with Crippen LogP contribution in [0.3, 0.4) is 0 Å². The average Bonchev–Trinajstić information content (AvgIpc) is 3.18. The molecule has 2 aromatic heterocycles. The molecule has 0 fully saturated rings. The molecule has 6 nitrogen and oxygen atoms in total. The number of hydrogen-bond acceptors (Lipinski definition) is 3. The number of anilines is 1. The van der Waals surface area contributed by atoms with Gasteiger partial charge in [-0.05, 0) is 30.7 Å². The highest BCUT2D eigenvalue weighted by molar-refractivity contribution is 6.07. The Labute approximate surface area is 184 Å². The highest BCUT2D eigenvalue weighted by Crippen LogP contribution is 2.28. The standard InChI is InChI=1S/C26H20N4O2/c1-17-23-24(31)21(16-27-25(23)30(29-17)19-12-6-3-7-13-19)26(32)28-22-15-9-8-14-20(22)18-10-4-2-5-11-18/h2-16H,1H3,(H,27,31)(H,28,32). The summed E-state index contributed by atoms with van der Waals surface area (Å²) in [5.41, 5.74) is 4.13. The van der Waals surface area contributed by atoms with Crippen LogP contribution in [0.5, 0.6) is 0 Å². The Morgan fingerprint density at radius 3 is 2.31 bits per heavy atom. The third-order valence-electron chi connectivity index (χ3n) is 5.39. The molecule has 2 heterocycles. The molecule has 0 bridgehead atoms. The third kappa shape index (κ3) is 3.37. The topological polar surface area (TPSA) is 79.8 Å². The second-order valence-corrected chi connectivity index (χ2v) is 7.45. The lowest BCUT2D eigenvalue weighted by molar-refractivity contribution is 0.102. The number of hydrogen-bond donors (Lipinski definition) is 2. The Balaban J connectivity index is 1.54. The number of nitrogens with one attached hydrogen (secondary N) is 2. The van der Waals surface area contributed by atoms with Crippen LogP contribution in [0.25, 0.3) is 27.8 Å². The Hall–Kier alpha value is -4.45. The van der Waals surface area contributed by atoms with Crippen LogP contribution in [0.4, 0.5) is 5.69 Å². The van der Waals surface area contributed by atoms with Crippen LogP contribution < -0.4 is 10.7 Å². The highest BCUT2D eigenvalue weighted by atomic mass is 16.2. The van der Waals surface area contributed by atoms with Gasteiger partial charge in [-0.15, -0.1) is 0 Å². The van der Waals surface area contributed by atoms with E-state index in [0.717, 1.165) is 16.8 Å². The van der Waals surface area contributed by atoms with Gasteiger partial charge >= 0.3 is 0 Å². The first-order valence-electron chi connectivity index (χ1n) is 10.3. The van der Waals surface area contributed by atoms with Crippen LogP contribution >= 0.6 is 0 Å². The molecule has 5 aromatic rings. The summed E-state index contributed by atoms with van der Waals surface area (Å²) in [6.07, 6.45) is 1.45. The Kier molecular flexibility index (Phi) is 4.88. The van der Waals surface area contributed by atoms with E-state index in [1.54, 1.807) is 11.6 Å². The van der Waals surface area contributed by atoms with Crippen molar-refractivity contribution in [2.45, 2.75) is 6.92 Å². The van der Waals surface area contributed by atoms with E-state index in [1.165, 1.54) is 6.20 Å². The van der Waals surface area contributed by atoms with Gasteiger partial charge < -0.3 is 10.3 Å². The Morgan fingerprint density at radius 2 is 1.56 bits per heavy atom. The van der Waals surface area contributed by atoms with Crippen LogP contribution in [0.1, 0.15) is 16.1 Å². The Morgan fingerprint density at radius 1 is 0.906 bits per heavy atom. The molecule has 1 amide bonds. The summed E-state index contributed by atoms with van der Waals surface area (Å²) in [6, 6.07) is 26.9. The van der Waals surface area contributed by atoms with Gasteiger partial charge in [-0.3, -0.25) is 9.59 Å². The van der Waals surface area contributed by atoms with Crippen molar-refractivity contribution in [3.8, 4) is 16.8 Å². The average molecular weight is 420 g/mol. The molecule has 0 aliphatic carbocycles. The van der Waals surface area contributed by atoms with Crippen molar-refractivity contribution in [3.63, 3.8) is 0 Å². The predicted octanol–water partition coefficient (Wildman–Crippen LogP) is 4.94. The van der Waals surface area contributed by atoms with Crippen molar-refractivity contribution in [2.75, 3.05) is 5.32 Å². The number of benzene rings is 3. The quantitative estimate of drug-likeness (QED) is 0.432. The fraction of sp³-hybridized carbons (Fsp3) is 0.0385. The summed E-state index contributed by atoms with van der Waals surface area (Å²) in [5, 5.41) is 7.82. The molecular weight excluding hydrogens is 400 g/mol. The number of rotatable bonds is 4. The number of amides is 1. The van der Waals surface area contributed by atoms with E-state index < -0.39 is 5.91 Å². The number of carbonyl (C=O) groups is 1. The molecule has 156 valence electrons. The number of carbonyl (C=O) groups excluding carboxylic acids is 1. The fourth-order valence-electron chi connectivity index (χ4n) is 3.85. The number of aromatic amines is 1. The summed E-state index contributed by atoms with van der Waals surface area (Å²) in [7, 11) is 0. The molecule has 0 atom stereocenters. The molecule has 6 heteroatoms. The molecule has 3 aromatic carbocycles. The zero-order valence-corrected chi connectivity index (χ0v) is 17.4. The molecular formula is C26H20N4O2. The van der Waals surface area contributed by atoms with E-state index in [4.69, 9.17) is 0 Å². The molecule has 2 N–H and O–H groups in total. The third-order valence-corrected chi connectivity index (χ3v) is 5.39. The lowest BCUT2D eigenvalue weighted by Crippen LogP contribution is -2.22. The summed E-state index contributed by atoms with van der Waals surface area (Å²) >= 11 is 0. The van der Waals surface area contributed by atoms with E-state index in [0.29, 0.717) is 22.4 Å². The fourth-order valence-corrected chi connectivity index (χ4v) is 3.85. The molecule has 0 spiro atoms. The maximum atomic E-state index is 13.2. The van der Waals surface area contributed by atoms with Crippen molar-refractivity contribution < 1.29 is 4.79 Å². The largest absolute Gasteiger partial charge is 0.345 e. The van der Waals surface area contributed by atoms with Crippen LogP contribution in [0.15, 0.2) is 95.9 Å². The van der Waals surface area contributed by atoms with Crippen LogP contribution in [-0.2, 0) is 0 Å². The molecule has 0 aliphatic heterocycles. The second-order valence-electron chi connectivity index (χ2n) is 7.45. The van der Waals surface area contributed by atoms with Crippen molar-refractivity contribution in [2.24, 2.45) is 0 Å². The van der Waals surface area contributed by atoms with E-state index in [2.05, 4.69) is 15.4 Å². The van der Waals surface area contributed by atoms with Gasteiger partial charge in [0.05, 0.1) is 16.8 Å². The summed E-state index contributed by atoms with van der Waals surface area (Å²) < 4.78 is 1.68. The Bertz CT molecular complexity index is 1490. The van der Waals surface area contributed by atoms with Gasteiger partial charge in [0.25, 0.3) is 5.91 Å². The molecule has 5 rings (SSSR count). The zero-order valence-electron chi connectivity index (χ0n) is 17.4. The van der Waals surface area contributed by atoms with Crippen molar-refractivity contribution in [1.29, 1.82) is 0 Å². The minimum Gasteiger partial charge on any atom is -0.345 e. The van der Waals surface area contributed by atoms with E-state index in [-0.39, 0.29) is 11.0 Å². The molecule has 0 saturated carbocycles. The van der Waals surface area contributed by atoms with Gasteiger partial charge in [-0.25, -0.2) is 4.68 Å². The van der Waals surface area contributed by atoms with Gasteiger partial charge in [-0.2, -0.15) is 5.10 Å². The van der Waals surface area contributed by atoms with Gasteiger partial charge in [0, 0.05) is 17.4 Å². The summed E-state index contributed by atoms with van der Waals surface area (Å²) in [4.78, 5) is 29.4. The summed E-state index contributed by atoms with van der Waals surface area (Å²) in [6.45, 7) is 1.77. The van der Waals surface area contributed by atoms with Crippen molar-refractivity contribution in [1.82, 2.24) is 14.8 Å². The second kappa shape index (κ2) is 8.00. The number of pyridine rings is 1. The maximum absolute atomic E-state index is 13.2. The first-order valence-corrected chi connectivity index (χ1v) is 10.3. The molecule has 0 saturated heterocycles. The van der Waals surface area contributed by atoms with Crippen LogP contribution in [-0.4, -0.2) is 20.7 Å².